The molecule has 1 aliphatic heterocycles. The highest BCUT2D eigenvalue weighted by molar-refractivity contribution is 7.90. The number of aryl methyl sites for hydroxylation is 3. The first-order valence-corrected chi connectivity index (χ1v) is 15.9. The number of carbonyl (C=O) groups excluding carboxylic acids is 2. The molecule has 4 aromatic rings. The maximum absolute atomic E-state index is 13.7. The minimum atomic E-state index is -3.95. The summed E-state index contributed by atoms with van der Waals surface area (Å²) < 4.78 is 27.2. The average molecular weight is 584 g/mol. The van der Waals surface area contributed by atoms with Crippen LogP contribution in [0.15, 0.2) is 77.7 Å². The van der Waals surface area contributed by atoms with Crippen LogP contribution >= 0.6 is 0 Å². The lowest BCUT2D eigenvalue weighted by Crippen LogP contribution is -2.46. The van der Waals surface area contributed by atoms with E-state index >= 15 is 0 Å². The average Bonchev–Trinajstić information content (AvgIpc) is 3.64. The van der Waals surface area contributed by atoms with Crippen LogP contribution in [0.1, 0.15) is 64.9 Å². The zero-order chi connectivity index (χ0) is 30.2. The summed E-state index contributed by atoms with van der Waals surface area (Å²) in [5, 5.41) is 5.18. The Morgan fingerprint density at radius 1 is 0.881 bits per heavy atom. The third-order valence-electron chi connectivity index (χ3n) is 8.25. The van der Waals surface area contributed by atoms with Crippen molar-refractivity contribution in [2.45, 2.75) is 70.9 Å². The molecule has 0 spiro atoms. The van der Waals surface area contributed by atoms with Gasteiger partial charge in [0.2, 0.25) is 0 Å². The number of nitrogens with one attached hydrogen (secondary N) is 2. The molecule has 0 radical (unpaired) electrons. The van der Waals surface area contributed by atoms with Gasteiger partial charge in [-0.2, -0.15) is 0 Å². The first-order valence-electron chi connectivity index (χ1n) is 14.4. The van der Waals surface area contributed by atoms with Crippen molar-refractivity contribution in [3.63, 3.8) is 0 Å². The smallest absolute Gasteiger partial charge is 0.329 e. The number of benzene rings is 4. The topological polar surface area (TPSA) is 95.6 Å². The van der Waals surface area contributed by atoms with Gasteiger partial charge in [-0.15, -0.1) is 0 Å². The second-order valence-electron chi connectivity index (χ2n) is 11.0. The van der Waals surface area contributed by atoms with E-state index in [0.29, 0.717) is 13.0 Å². The minimum absolute atomic E-state index is 0.0221. The van der Waals surface area contributed by atoms with Crippen molar-refractivity contribution in [1.82, 2.24) is 10.0 Å². The van der Waals surface area contributed by atoms with E-state index in [0.717, 1.165) is 57.3 Å². The van der Waals surface area contributed by atoms with E-state index in [1.807, 2.05) is 56.9 Å². The Bertz CT molecular complexity index is 1800. The number of sulfonamides is 1. The Hall–Kier alpha value is -4.17. The quantitative estimate of drug-likeness (QED) is 0.264. The van der Waals surface area contributed by atoms with Crippen LogP contribution in [0.2, 0.25) is 0 Å². The van der Waals surface area contributed by atoms with Crippen LogP contribution in [-0.2, 0) is 23.0 Å². The summed E-state index contributed by atoms with van der Waals surface area (Å²) in [6, 6.07) is 21.4. The van der Waals surface area contributed by atoms with Crippen molar-refractivity contribution in [2.75, 3.05) is 4.90 Å². The van der Waals surface area contributed by atoms with Crippen LogP contribution in [0.5, 0.6) is 0 Å². The van der Waals surface area contributed by atoms with Gasteiger partial charge in [-0.25, -0.2) is 17.9 Å². The number of anilines is 1. The van der Waals surface area contributed by atoms with Crippen LogP contribution in [-0.4, -0.2) is 25.9 Å². The Morgan fingerprint density at radius 2 is 1.50 bits per heavy atom. The highest BCUT2D eigenvalue weighted by Crippen LogP contribution is 2.41. The Labute approximate surface area is 248 Å². The van der Waals surface area contributed by atoms with E-state index in [9.17, 15) is 18.0 Å². The van der Waals surface area contributed by atoms with Crippen LogP contribution in [0, 0.1) is 20.8 Å². The second-order valence-corrected chi connectivity index (χ2v) is 12.7. The lowest BCUT2D eigenvalue weighted by atomic mass is 9.92. The zero-order valence-electron chi connectivity index (χ0n) is 24.7. The normalized spacial score (nSPS) is 15.1. The molecule has 1 aliphatic carbocycles. The molecule has 0 aromatic heterocycles. The number of rotatable bonds is 6. The summed E-state index contributed by atoms with van der Waals surface area (Å²) in [4.78, 5) is 28.2. The third kappa shape index (κ3) is 5.39. The summed E-state index contributed by atoms with van der Waals surface area (Å²) in [7, 11) is -3.95. The largest absolute Gasteiger partial charge is 0.332 e. The van der Waals surface area contributed by atoms with Crippen molar-refractivity contribution in [3.05, 3.63) is 106 Å². The van der Waals surface area contributed by atoms with Gasteiger partial charge in [0.15, 0.2) is 0 Å². The monoisotopic (exact) mass is 583 g/mol. The highest BCUT2D eigenvalue weighted by atomic mass is 32.2. The summed E-state index contributed by atoms with van der Waals surface area (Å²) >= 11 is 0. The van der Waals surface area contributed by atoms with Gasteiger partial charge in [-0.1, -0.05) is 68.4 Å². The number of nitrogens with zero attached hydrogens (tertiary/aromatic N) is 1. The molecule has 6 rings (SSSR count). The van der Waals surface area contributed by atoms with Gasteiger partial charge in [0.25, 0.3) is 15.9 Å². The predicted molar refractivity (Wildman–Crippen MR) is 167 cm³/mol. The highest BCUT2D eigenvalue weighted by Gasteiger charge is 2.44. The van der Waals surface area contributed by atoms with Gasteiger partial charge in [-0.05, 0) is 96.8 Å². The van der Waals surface area contributed by atoms with Crippen molar-refractivity contribution in [2.24, 2.45) is 0 Å². The van der Waals surface area contributed by atoms with E-state index in [1.165, 1.54) is 17.5 Å². The number of urea groups is 1. The minimum Gasteiger partial charge on any atom is -0.332 e. The SMILES string of the molecule is CC.Cc1cc(CC2(NC(=O)NS(=O)(=O)c3ccccc3)CC2)ccc1N1Cc2c(c(C)c3ccccc3c2C)C1=O. The van der Waals surface area contributed by atoms with E-state index in [4.69, 9.17) is 0 Å². The molecule has 0 bridgehead atoms. The van der Waals surface area contributed by atoms with Crippen molar-refractivity contribution < 1.29 is 18.0 Å². The fourth-order valence-corrected chi connectivity index (χ4v) is 6.89. The molecule has 218 valence electrons. The molecule has 4 aromatic carbocycles. The molecule has 2 N–H and O–H groups in total. The van der Waals surface area contributed by atoms with Crippen LogP contribution in [0.25, 0.3) is 10.8 Å². The molecular formula is C34H37N3O4S. The lowest BCUT2D eigenvalue weighted by Gasteiger charge is -2.21. The zero-order valence-corrected chi connectivity index (χ0v) is 25.6. The molecule has 42 heavy (non-hydrogen) atoms. The van der Waals surface area contributed by atoms with Crippen molar-refractivity contribution >= 4 is 38.4 Å². The predicted octanol–water partition coefficient (Wildman–Crippen LogP) is 6.71. The molecule has 0 unspecified atom stereocenters. The fraction of sp³-hybridized carbons (Fsp3) is 0.294. The van der Waals surface area contributed by atoms with Crippen LogP contribution in [0.4, 0.5) is 10.5 Å². The van der Waals surface area contributed by atoms with Gasteiger partial charge in [-0.3, -0.25) is 4.79 Å². The summed E-state index contributed by atoms with van der Waals surface area (Å²) in [5.41, 5.74) is 6.44. The Kier molecular flexibility index (Phi) is 7.86. The van der Waals surface area contributed by atoms with Gasteiger partial charge in [0.1, 0.15) is 0 Å². The number of hydrogen-bond acceptors (Lipinski definition) is 4. The molecule has 0 atom stereocenters. The summed E-state index contributed by atoms with van der Waals surface area (Å²) in [5.74, 6) is 0.0221. The van der Waals surface area contributed by atoms with Gasteiger partial charge in [0, 0.05) is 16.8 Å². The third-order valence-corrected chi connectivity index (χ3v) is 9.59. The van der Waals surface area contributed by atoms with E-state index in [1.54, 1.807) is 18.2 Å². The second kappa shape index (κ2) is 11.2. The molecule has 3 amide bonds. The molecule has 8 heteroatoms. The standard InChI is InChI=1S/C32H31N3O4S.C2H6/c1-20-17-23(18-32(15-16-32)33-31(37)34-40(38,39)24-9-5-4-6-10-24)13-14-28(20)35-19-27-21(2)25-11-7-8-12-26(25)22(3)29(27)30(35)36;1-2/h4-14,17H,15-16,18-19H2,1-3H3,(H2,33,34,37);1-2H3. The molecule has 1 saturated carbocycles. The van der Waals surface area contributed by atoms with Crippen LogP contribution < -0.4 is 14.9 Å². The van der Waals surface area contributed by atoms with Crippen molar-refractivity contribution in [1.29, 1.82) is 0 Å². The number of carbonyl (C=O) groups is 2. The molecule has 0 saturated heterocycles. The molecule has 1 fully saturated rings. The summed E-state index contributed by atoms with van der Waals surface area (Å²) in [6.07, 6.45) is 2.10. The Balaban J connectivity index is 0.00000173. The number of amides is 3. The first-order chi connectivity index (χ1) is 20.1. The van der Waals surface area contributed by atoms with Gasteiger partial charge in [0.05, 0.1) is 11.4 Å². The number of hydrogen-bond donors (Lipinski definition) is 2. The molecular weight excluding hydrogens is 546 g/mol. The van der Waals surface area contributed by atoms with Crippen LogP contribution in [0.3, 0.4) is 0 Å². The van der Waals surface area contributed by atoms with E-state index in [2.05, 4.69) is 35.2 Å². The Morgan fingerprint density at radius 3 is 2.12 bits per heavy atom. The molecule has 2 aliphatic rings. The van der Waals surface area contributed by atoms with Crippen molar-refractivity contribution in [3.8, 4) is 0 Å². The summed E-state index contributed by atoms with van der Waals surface area (Å²) in [6.45, 7) is 10.7. The van der Waals surface area contributed by atoms with E-state index in [-0.39, 0.29) is 10.8 Å². The first kappa shape index (κ1) is 29.3. The number of fused-ring (bicyclic) bond motifs is 2. The maximum Gasteiger partial charge on any atom is 0.329 e. The lowest BCUT2D eigenvalue weighted by molar-refractivity contribution is 0.0996. The maximum atomic E-state index is 13.7. The van der Waals surface area contributed by atoms with Gasteiger partial charge >= 0.3 is 6.03 Å². The molecule has 1 heterocycles. The van der Waals surface area contributed by atoms with E-state index < -0.39 is 21.6 Å². The fourth-order valence-electron chi connectivity index (χ4n) is 5.96. The van der Waals surface area contributed by atoms with Gasteiger partial charge < -0.3 is 10.2 Å². The molecule has 7 nitrogen and oxygen atoms in total.